The van der Waals surface area contributed by atoms with Gasteiger partial charge in [-0.2, -0.15) is 0 Å². The molecule has 5 heterocycles. The lowest BCUT2D eigenvalue weighted by Crippen LogP contribution is -2.48. The normalized spacial score (nSPS) is 47.8. The summed E-state index contributed by atoms with van der Waals surface area (Å²) >= 11 is 0. The molecular weight excluding hydrogens is 760 g/mol. The van der Waals surface area contributed by atoms with Gasteiger partial charge in [-0.25, -0.2) is 0 Å². The van der Waals surface area contributed by atoms with Crippen LogP contribution in [0.25, 0.3) is 0 Å². The van der Waals surface area contributed by atoms with Gasteiger partial charge < -0.3 is 124 Å². The molecule has 5 aliphatic heterocycles. The topological polar surface area (TPSA) is 396 Å². The van der Waals surface area contributed by atoms with Crippen molar-refractivity contribution in [2.45, 2.75) is 141 Å². The van der Waals surface area contributed by atoms with E-state index in [4.69, 9.17) is 52.5 Å². The van der Waals surface area contributed by atoms with E-state index in [1.807, 2.05) is 0 Å². The van der Waals surface area contributed by atoms with Crippen LogP contribution in [0.5, 0.6) is 0 Å². The molecule has 0 aromatic rings. The van der Waals surface area contributed by atoms with Crippen LogP contribution in [-0.2, 0) is 47.4 Å². The largest absolute Gasteiger partial charge is 0.394 e. The van der Waals surface area contributed by atoms with Gasteiger partial charge in [0, 0.05) is 0 Å². The van der Waals surface area contributed by atoms with E-state index in [9.17, 15) is 71.5 Å². The Hall–Kier alpha value is -1.00. The number of rotatable bonds is 19. The highest BCUT2D eigenvalue weighted by Crippen LogP contribution is 2.36. The Bertz CT molecular complexity index is 1160. The van der Waals surface area contributed by atoms with Crippen LogP contribution in [0.4, 0.5) is 0 Å². The molecule has 0 radical (unpaired) electrons. The first kappa shape index (κ1) is 45.1. The van der Waals surface area contributed by atoms with Gasteiger partial charge in [0.25, 0.3) is 0 Å². The predicted octanol–water partition coefficient (Wildman–Crippen LogP) is -10.6. The molecule has 23 atom stereocenters. The zero-order chi connectivity index (χ0) is 40.3. The second-order valence-corrected chi connectivity index (χ2v) is 13.7. The number of aliphatic hydroxyl groups is 15. The zero-order valence-corrected chi connectivity index (χ0v) is 29.0. The van der Waals surface area contributed by atoms with Crippen molar-refractivity contribution in [1.29, 1.82) is 0 Å². The highest BCUT2D eigenvalue weighted by atomic mass is 16.8. The third-order valence-electron chi connectivity index (χ3n) is 9.94. The van der Waals surface area contributed by atoms with Crippen molar-refractivity contribution in [3.63, 3.8) is 0 Å². The molecule has 5 rings (SSSR count). The number of aliphatic hydroxyl groups excluding tert-OH is 15. The van der Waals surface area contributed by atoms with Gasteiger partial charge in [-0.3, -0.25) is 0 Å². The molecule has 25 heteroatoms. The molecule has 15 N–H and O–H groups in total. The van der Waals surface area contributed by atoms with Crippen LogP contribution in [0.15, 0.2) is 0 Å². The van der Waals surface area contributed by atoms with Crippen LogP contribution < -0.4 is 0 Å². The fourth-order valence-corrected chi connectivity index (χ4v) is 6.65. The Morgan fingerprint density at radius 2 is 0.818 bits per heavy atom. The molecule has 0 aliphatic carbocycles. The molecule has 0 saturated carbocycles. The zero-order valence-electron chi connectivity index (χ0n) is 29.0. The van der Waals surface area contributed by atoms with E-state index in [0.29, 0.717) is 0 Å². The van der Waals surface area contributed by atoms with E-state index >= 15 is 0 Å². The van der Waals surface area contributed by atoms with Crippen LogP contribution in [0, 0.1) is 0 Å². The molecule has 0 bridgehead atoms. The molecule has 322 valence electrons. The Balaban J connectivity index is 1.33. The maximum atomic E-state index is 11.3. The van der Waals surface area contributed by atoms with Crippen molar-refractivity contribution in [1.82, 2.24) is 0 Å². The Morgan fingerprint density at radius 1 is 0.400 bits per heavy atom. The minimum atomic E-state index is -1.88. The minimum Gasteiger partial charge on any atom is -0.394 e. The highest BCUT2D eigenvalue weighted by molar-refractivity contribution is 4.96. The van der Waals surface area contributed by atoms with Crippen molar-refractivity contribution < 1.29 is 124 Å². The van der Waals surface area contributed by atoms with Gasteiger partial charge in [0.15, 0.2) is 31.5 Å². The van der Waals surface area contributed by atoms with Gasteiger partial charge in [-0.05, 0) is 0 Å². The molecule has 5 aliphatic rings. The molecular formula is C30H52O25. The molecule has 5 fully saturated rings. The van der Waals surface area contributed by atoms with Gasteiger partial charge >= 0.3 is 0 Å². The number of hydrogen-bond acceptors (Lipinski definition) is 25. The van der Waals surface area contributed by atoms with E-state index in [2.05, 4.69) is 0 Å². The summed E-state index contributed by atoms with van der Waals surface area (Å²) in [7, 11) is 0. The van der Waals surface area contributed by atoms with Crippen LogP contribution in [0.3, 0.4) is 0 Å². The second kappa shape index (κ2) is 19.8. The van der Waals surface area contributed by atoms with Gasteiger partial charge in [0.05, 0.1) is 46.2 Å². The predicted molar refractivity (Wildman–Crippen MR) is 165 cm³/mol. The summed E-state index contributed by atoms with van der Waals surface area (Å²) in [5, 5.41) is 152. The van der Waals surface area contributed by atoms with Crippen LogP contribution in [0.2, 0.25) is 0 Å². The van der Waals surface area contributed by atoms with Crippen LogP contribution in [-0.4, -0.2) is 264 Å². The fraction of sp³-hybridized carbons (Fsp3) is 1.00. The molecule has 25 nitrogen and oxygen atoms in total. The Labute approximate surface area is 311 Å². The quantitative estimate of drug-likeness (QED) is 0.0576. The molecule has 0 aromatic carbocycles. The smallest absolute Gasteiger partial charge is 0.187 e. The van der Waals surface area contributed by atoms with E-state index in [0.717, 1.165) is 0 Å². The third kappa shape index (κ3) is 9.73. The van der Waals surface area contributed by atoms with E-state index in [1.165, 1.54) is 0 Å². The molecule has 55 heavy (non-hydrogen) atoms. The first-order chi connectivity index (χ1) is 26.2. The van der Waals surface area contributed by atoms with Gasteiger partial charge in [-0.15, -0.1) is 0 Å². The average molecular weight is 813 g/mol. The van der Waals surface area contributed by atoms with Crippen molar-refractivity contribution in [3.05, 3.63) is 0 Å². The lowest BCUT2D eigenvalue weighted by molar-refractivity contribution is -0.270. The molecule has 0 aromatic heterocycles. The Morgan fingerprint density at radius 3 is 1.29 bits per heavy atom. The SMILES string of the molecule is OC[C@@H](O)[C@H](O)[C@H](O)CO[C@H]1O[C@H](CO[C@H]2O[C@H](CO)[C@@H](O)[C@@H]2O[C@@H]2O[C@H](CO)[C@@H](O)[C@@H]2O)[C@@H](O[C@H]2O[C@H](CO)[C@@H](O)[C@@H]2O[C@@H]2O[C@H](CO)[C@@H](O)[C@@H]2O)[C@@H]1O. The highest BCUT2D eigenvalue weighted by Gasteiger charge is 2.56. The van der Waals surface area contributed by atoms with Gasteiger partial charge in [0.1, 0.15) is 110 Å². The molecule has 0 amide bonds. The van der Waals surface area contributed by atoms with Crippen LogP contribution >= 0.6 is 0 Å². The standard InChI is InChI=1S/C30H52O25/c31-1-8(36)15(38)9(37)6-46-26-22(45)23(53-30-25(19(42)13(5-35)51-30)55-28-21(44)17(40)11(3-33)49-28)14(52-26)7-47-29-24(18(41)12(4-34)50-29)54-27-20(43)16(39)10(2-32)48-27/h8-45H,1-7H2/t8-,9-,10-,11-,12-,13-,14-,15+,16-,17-,18-,19-,20+,21+,22+,23-,24+,25+,26+,27+,28+,29+,30-/m1/s1. The summed E-state index contributed by atoms with van der Waals surface area (Å²) < 4.78 is 56.2. The third-order valence-corrected chi connectivity index (χ3v) is 9.94. The summed E-state index contributed by atoms with van der Waals surface area (Å²) in [6.07, 6.45) is -36.6. The maximum absolute atomic E-state index is 11.3. The van der Waals surface area contributed by atoms with Crippen molar-refractivity contribution >= 4 is 0 Å². The minimum absolute atomic E-state index is 0.638. The monoisotopic (exact) mass is 812 g/mol. The Kier molecular flexibility index (Phi) is 16.3. The van der Waals surface area contributed by atoms with E-state index < -0.39 is 188 Å². The molecule has 5 saturated heterocycles. The van der Waals surface area contributed by atoms with E-state index in [-0.39, 0.29) is 0 Å². The summed E-state index contributed by atoms with van der Waals surface area (Å²) in [4.78, 5) is 0. The van der Waals surface area contributed by atoms with Gasteiger partial charge in [-0.1, -0.05) is 0 Å². The fourth-order valence-electron chi connectivity index (χ4n) is 6.65. The van der Waals surface area contributed by atoms with Crippen molar-refractivity contribution in [3.8, 4) is 0 Å². The summed E-state index contributed by atoms with van der Waals surface area (Å²) in [5.41, 5.74) is 0. The second-order valence-electron chi connectivity index (χ2n) is 13.7. The first-order valence-corrected chi connectivity index (χ1v) is 17.5. The van der Waals surface area contributed by atoms with E-state index in [1.54, 1.807) is 0 Å². The number of ether oxygens (including phenoxy) is 10. The molecule has 0 unspecified atom stereocenters. The number of hydrogen-bond donors (Lipinski definition) is 15. The van der Waals surface area contributed by atoms with Crippen molar-refractivity contribution in [2.24, 2.45) is 0 Å². The van der Waals surface area contributed by atoms with Gasteiger partial charge in [0.2, 0.25) is 0 Å². The lowest BCUT2D eigenvalue weighted by atomic mass is 10.1. The molecule has 0 spiro atoms. The summed E-state index contributed by atoms with van der Waals surface area (Å²) in [6, 6.07) is 0. The lowest BCUT2D eigenvalue weighted by Gasteiger charge is -2.30. The maximum Gasteiger partial charge on any atom is 0.187 e. The van der Waals surface area contributed by atoms with Crippen molar-refractivity contribution in [2.75, 3.05) is 46.2 Å². The first-order valence-electron chi connectivity index (χ1n) is 17.5. The van der Waals surface area contributed by atoms with Crippen LogP contribution in [0.1, 0.15) is 0 Å². The summed E-state index contributed by atoms with van der Waals surface area (Å²) in [5.74, 6) is 0. The summed E-state index contributed by atoms with van der Waals surface area (Å²) in [6.45, 7) is -5.22. The average Bonchev–Trinajstić information content (AvgIpc) is 3.92.